The molecule has 2 aromatic carbocycles. The molecule has 32 heavy (non-hydrogen) atoms. The molecule has 0 atom stereocenters. The van der Waals surface area contributed by atoms with Crippen LogP contribution in [0.15, 0.2) is 42.5 Å². The summed E-state index contributed by atoms with van der Waals surface area (Å²) in [5, 5.41) is 3.22. The van der Waals surface area contributed by atoms with Gasteiger partial charge in [0.1, 0.15) is 5.69 Å². The van der Waals surface area contributed by atoms with Gasteiger partial charge in [-0.15, -0.1) is 0 Å². The van der Waals surface area contributed by atoms with Gasteiger partial charge in [-0.05, 0) is 36.6 Å². The maximum Gasteiger partial charge on any atom is 0.432 e. The van der Waals surface area contributed by atoms with Crippen LogP contribution in [0.5, 0.6) is 0 Å². The Bertz CT molecular complexity index is 1200. The topological polar surface area (TPSA) is 51.1 Å². The van der Waals surface area contributed by atoms with Crippen molar-refractivity contribution < 1.29 is 22.8 Å². The van der Waals surface area contributed by atoms with Gasteiger partial charge < -0.3 is 9.88 Å². The molecule has 0 saturated heterocycles. The van der Waals surface area contributed by atoms with Gasteiger partial charge in [-0.25, -0.2) is 0 Å². The highest BCUT2D eigenvalue weighted by atomic mass is 35.5. The van der Waals surface area contributed by atoms with E-state index in [-0.39, 0.29) is 28.5 Å². The molecule has 0 bridgehead atoms. The molecule has 0 spiro atoms. The van der Waals surface area contributed by atoms with Crippen molar-refractivity contribution in [3.05, 3.63) is 69.3 Å². The Morgan fingerprint density at radius 1 is 1.06 bits per heavy atom. The second kappa shape index (κ2) is 8.79. The van der Waals surface area contributed by atoms with E-state index < -0.39 is 29.1 Å². The van der Waals surface area contributed by atoms with E-state index in [1.165, 1.54) is 36.4 Å². The Hall–Kier alpha value is -2.51. The summed E-state index contributed by atoms with van der Waals surface area (Å²) >= 11 is 12.1. The third-order valence-electron chi connectivity index (χ3n) is 5.71. The fraction of sp³-hybridized carbons (Fsp3) is 0.304. The quantitative estimate of drug-likeness (QED) is 0.344. The van der Waals surface area contributed by atoms with Crippen molar-refractivity contribution in [3.8, 4) is 0 Å². The Balaban J connectivity index is 1.85. The fourth-order valence-electron chi connectivity index (χ4n) is 4.25. The minimum Gasteiger partial charge on any atom is -0.346 e. The number of Topliss-reactive ketones (excluding diaryl/α,β-unsaturated/α-hetero) is 1. The summed E-state index contributed by atoms with van der Waals surface area (Å²) in [5.41, 5.74) is -1.23. The highest BCUT2D eigenvalue weighted by Crippen LogP contribution is 2.39. The molecule has 1 aliphatic rings. The first kappa shape index (κ1) is 22.7. The monoisotopic (exact) mass is 482 g/mol. The van der Waals surface area contributed by atoms with E-state index in [9.17, 15) is 22.8 Å². The number of nitrogens with zero attached hydrogens (tertiary/aromatic N) is 1. The van der Waals surface area contributed by atoms with Crippen LogP contribution in [-0.2, 0) is 17.5 Å². The van der Waals surface area contributed by atoms with Gasteiger partial charge in [0.05, 0.1) is 5.56 Å². The molecule has 0 radical (unpaired) electrons. The Labute approximate surface area is 192 Å². The summed E-state index contributed by atoms with van der Waals surface area (Å²) in [6.45, 7) is -0.247. The van der Waals surface area contributed by atoms with E-state index in [0.717, 1.165) is 17.4 Å². The summed E-state index contributed by atoms with van der Waals surface area (Å²) in [6.07, 6.45) is -1.64. The van der Waals surface area contributed by atoms with Gasteiger partial charge in [0.2, 0.25) is 0 Å². The number of benzene rings is 2. The molecule has 1 heterocycles. The number of hydrogen-bond acceptors (Lipinski definition) is 2. The number of carbonyl (C=O) groups is 2. The van der Waals surface area contributed by atoms with E-state index in [4.69, 9.17) is 23.2 Å². The summed E-state index contributed by atoms with van der Waals surface area (Å²) in [6, 6.07) is 10.3. The van der Waals surface area contributed by atoms with Gasteiger partial charge in [-0.2, -0.15) is 13.2 Å². The summed E-state index contributed by atoms with van der Waals surface area (Å²) in [5.74, 6) is -2.21. The minimum absolute atomic E-state index is 0.0662. The minimum atomic E-state index is -4.88. The molecule has 9 heteroatoms. The Morgan fingerprint density at radius 3 is 2.41 bits per heavy atom. The Morgan fingerprint density at radius 2 is 1.75 bits per heavy atom. The van der Waals surface area contributed by atoms with Gasteiger partial charge >= 0.3 is 6.18 Å². The molecule has 4 rings (SSSR count). The van der Waals surface area contributed by atoms with Crippen LogP contribution >= 0.6 is 23.2 Å². The fourth-order valence-corrected chi connectivity index (χ4v) is 4.72. The molecule has 0 aliphatic heterocycles. The first-order chi connectivity index (χ1) is 15.2. The smallest absolute Gasteiger partial charge is 0.346 e. The predicted octanol–water partition coefficient (Wildman–Crippen LogP) is 6.26. The van der Waals surface area contributed by atoms with Crippen LogP contribution in [0.2, 0.25) is 10.0 Å². The summed E-state index contributed by atoms with van der Waals surface area (Å²) in [7, 11) is 0. The van der Waals surface area contributed by atoms with Crippen molar-refractivity contribution in [2.45, 2.75) is 44.4 Å². The summed E-state index contributed by atoms with van der Waals surface area (Å²) < 4.78 is 43.8. The SMILES string of the molecule is O=C(NC1CCCC1)C(=O)c1c(C(F)(F)F)n(Cc2ccc(Cl)cc2Cl)c2ccccc12. The number of hydrogen-bond donors (Lipinski definition) is 1. The zero-order chi connectivity index (χ0) is 23.0. The molecule has 0 unspecified atom stereocenters. The summed E-state index contributed by atoms with van der Waals surface area (Å²) in [4.78, 5) is 25.6. The second-order valence-electron chi connectivity index (χ2n) is 7.84. The van der Waals surface area contributed by atoms with E-state index in [1.54, 1.807) is 6.07 Å². The van der Waals surface area contributed by atoms with Crippen molar-refractivity contribution in [3.63, 3.8) is 0 Å². The lowest BCUT2D eigenvalue weighted by Gasteiger charge is -2.16. The number of nitrogens with one attached hydrogen (secondary N) is 1. The van der Waals surface area contributed by atoms with Crippen LogP contribution in [0, 0.1) is 0 Å². The van der Waals surface area contributed by atoms with Crippen molar-refractivity contribution in [2.24, 2.45) is 0 Å². The largest absolute Gasteiger partial charge is 0.432 e. The molecule has 1 aromatic heterocycles. The molecule has 168 valence electrons. The van der Waals surface area contributed by atoms with Crippen LogP contribution in [0.4, 0.5) is 13.2 Å². The standard InChI is InChI=1S/C23H19Cl2F3N2O2/c24-14-10-9-13(17(25)11-14)12-30-18-8-4-3-7-16(18)19(21(30)23(26,27)28)20(31)22(32)29-15-5-1-2-6-15/h3-4,7-11,15H,1-2,5-6,12H2,(H,29,32). The van der Waals surface area contributed by atoms with Gasteiger partial charge in [0.15, 0.2) is 0 Å². The molecule has 1 saturated carbocycles. The second-order valence-corrected chi connectivity index (χ2v) is 8.69. The number of amides is 1. The van der Waals surface area contributed by atoms with E-state index in [2.05, 4.69) is 5.32 Å². The molecule has 4 nitrogen and oxygen atoms in total. The van der Waals surface area contributed by atoms with Gasteiger partial charge in [0.25, 0.3) is 11.7 Å². The normalized spacial score (nSPS) is 14.8. The lowest BCUT2D eigenvalue weighted by Crippen LogP contribution is -2.38. The number of halogens is 5. The highest BCUT2D eigenvalue weighted by Gasteiger charge is 2.42. The van der Waals surface area contributed by atoms with Crippen LogP contribution < -0.4 is 5.32 Å². The zero-order valence-electron chi connectivity index (χ0n) is 16.8. The third kappa shape index (κ3) is 4.36. The number of ketones is 1. The maximum atomic E-state index is 14.3. The number of rotatable bonds is 5. The molecule has 1 aliphatic carbocycles. The van der Waals surface area contributed by atoms with Crippen LogP contribution in [0.3, 0.4) is 0 Å². The number of alkyl halides is 3. The molecule has 1 N–H and O–H groups in total. The first-order valence-corrected chi connectivity index (χ1v) is 10.9. The van der Waals surface area contributed by atoms with Crippen molar-refractivity contribution in [1.29, 1.82) is 0 Å². The molecule has 3 aromatic rings. The van der Waals surface area contributed by atoms with E-state index in [0.29, 0.717) is 23.4 Å². The molecule has 1 fully saturated rings. The predicted molar refractivity (Wildman–Crippen MR) is 117 cm³/mol. The van der Waals surface area contributed by atoms with Gasteiger partial charge in [-0.3, -0.25) is 9.59 Å². The van der Waals surface area contributed by atoms with Crippen LogP contribution in [0.25, 0.3) is 10.9 Å². The van der Waals surface area contributed by atoms with E-state index >= 15 is 0 Å². The van der Waals surface area contributed by atoms with Crippen molar-refractivity contribution in [1.82, 2.24) is 9.88 Å². The number of aromatic nitrogens is 1. The zero-order valence-corrected chi connectivity index (χ0v) is 18.3. The van der Waals surface area contributed by atoms with Crippen LogP contribution in [0.1, 0.15) is 47.3 Å². The Kier molecular flexibility index (Phi) is 6.23. The lowest BCUT2D eigenvalue weighted by molar-refractivity contribution is -0.143. The van der Waals surface area contributed by atoms with Crippen molar-refractivity contribution >= 4 is 45.8 Å². The van der Waals surface area contributed by atoms with Gasteiger partial charge in [-0.1, -0.05) is 60.3 Å². The molecule has 1 amide bonds. The first-order valence-electron chi connectivity index (χ1n) is 10.1. The van der Waals surface area contributed by atoms with Crippen LogP contribution in [-0.4, -0.2) is 22.3 Å². The lowest BCUT2D eigenvalue weighted by atomic mass is 10.0. The highest BCUT2D eigenvalue weighted by molar-refractivity contribution is 6.45. The van der Waals surface area contributed by atoms with Crippen molar-refractivity contribution in [2.75, 3.05) is 0 Å². The maximum absolute atomic E-state index is 14.3. The number of para-hydroxylation sites is 1. The number of fused-ring (bicyclic) bond motifs is 1. The van der Waals surface area contributed by atoms with Gasteiger partial charge in [0, 0.05) is 33.5 Å². The average Bonchev–Trinajstić information content (AvgIpc) is 3.35. The van der Waals surface area contributed by atoms with E-state index in [1.807, 2.05) is 0 Å². The molecular formula is C23H19Cl2F3N2O2. The third-order valence-corrected chi connectivity index (χ3v) is 6.29. The molecular weight excluding hydrogens is 464 g/mol. The average molecular weight is 483 g/mol. The number of carbonyl (C=O) groups excluding carboxylic acids is 2.